The second-order valence-corrected chi connectivity index (χ2v) is 6.34. The summed E-state index contributed by atoms with van der Waals surface area (Å²) in [5.41, 5.74) is 3.66. The largest absolute Gasteiger partial charge is 0.493 e. The average Bonchev–Trinajstić information content (AvgIpc) is 3.08. The summed E-state index contributed by atoms with van der Waals surface area (Å²) >= 11 is 0. The lowest BCUT2D eigenvalue weighted by Gasteiger charge is -2.32. The van der Waals surface area contributed by atoms with E-state index in [0.717, 1.165) is 49.1 Å². The van der Waals surface area contributed by atoms with Gasteiger partial charge in [0.25, 0.3) is 0 Å². The lowest BCUT2D eigenvalue weighted by Crippen LogP contribution is -2.44. The van der Waals surface area contributed by atoms with Gasteiger partial charge in [0.15, 0.2) is 17.5 Å². The number of hydrogen-bond donors (Lipinski definition) is 1. The van der Waals surface area contributed by atoms with E-state index in [9.17, 15) is 0 Å². The number of hydrogen-bond acceptors (Lipinski definition) is 4. The fourth-order valence-corrected chi connectivity index (χ4v) is 3.21. The zero-order valence-electron chi connectivity index (χ0n) is 16.0. The summed E-state index contributed by atoms with van der Waals surface area (Å²) in [4.78, 5) is 7.08. The molecule has 26 heavy (non-hydrogen) atoms. The molecule has 7 heteroatoms. The summed E-state index contributed by atoms with van der Waals surface area (Å²) in [5.74, 6) is 2.49. The van der Waals surface area contributed by atoms with Crippen LogP contribution in [-0.4, -0.2) is 47.9 Å². The number of rotatable bonds is 5. The van der Waals surface area contributed by atoms with Crippen molar-refractivity contribution < 1.29 is 9.47 Å². The Bertz CT molecular complexity index is 784. The van der Waals surface area contributed by atoms with E-state index in [1.54, 1.807) is 18.9 Å². The molecule has 1 aromatic heterocycles. The molecule has 1 N–H and O–H groups in total. The first-order chi connectivity index (χ1) is 12.6. The van der Waals surface area contributed by atoms with E-state index in [2.05, 4.69) is 34.4 Å². The van der Waals surface area contributed by atoms with Crippen LogP contribution in [-0.2, 0) is 26.6 Å². The van der Waals surface area contributed by atoms with Gasteiger partial charge in [-0.3, -0.25) is 4.68 Å². The van der Waals surface area contributed by atoms with E-state index in [0.29, 0.717) is 6.54 Å². The molecule has 2 heterocycles. The molecule has 0 aliphatic carbocycles. The van der Waals surface area contributed by atoms with Gasteiger partial charge in [-0.1, -0.05) is 0 Å². The van der Waals surface area contributed by atoms with Crippen LogP contribution in [0, 0.1) is 0 Å². The zero-order valence-corrected chi connectivity index (χ0v) is 16.0. The van der Waals surface area contributed by atoms with Crippen LogP contribution in [0.1, 0.15) is 23.6 Å². The zero-order chi connectivity index (χ0) is 18.5. The standard InChI is InChI=1S/C19H27N5O2/c1-5-20-19(21-10-14-11-22-23(2)12-14)24-7-6-15-8-17(25-3)18(26-4)9-16(15)13-24/h8-9,11-12H,5-7,10,13H2,1-4H3,(H,20,21). The molecule has 0 unspecified atom stereocenters. The normalized spacial score (nSPS) is 14.2. The molecule has 0 radical (unpaired) electrons. The first kappa shape index (κ1) is 18.1. The quantitative estimate of drug-likeness (QED) is 0.655. The highest BCUT2D eigenvalue weighted by molar-refractivity contribution is 5.80. The number of aryl methyl sites for hydroxylation is 1. The second kappa shape index (κ2) is 8.12. The molecule has 140 valence electrons. The number of fused-ring (bicyclic) bond motifs is 1. The Morgan fingerprint density at radius 2 is 1.96 bits per heavy atom. The monoisotopic (exact) mass is 357 g/mol. The Labute approximate surface area is 154 Å². The lowest BCUT2D eigenvalue weighted by atomic mass is 9.99. The Balaban J connectivity index is 1.79. The fraction of sp³-hybridized carbons (Fsp3) is 0.474. The molecule has 0 atom stereocenters. The van der Waals surface area contributed by atoms with E-state index in [4.69, 9.17) is 14.5 Å². The SMILES string of the molecule is CCNC(=NCc1cnn(C)c1)N1CCc2cc(OC)c(OC)cc2C1. The van der Waals surface area contributed by atoms with Crippen LogP contribution in [0.4, 0.5) is 0 Å². The van der Waals surface area contributed by atoms with Gasteiger partial charge in [-0.25, -0.2) is 4.99 Å². The van der Waals surface area contributed by atoms with E-state index in [1.807, 2.05) is 19.4 Å². The van der Waals surface area contributed by atoms with Crippen molar-refractivity contribution in [1.29, 1.82) is 0 Å². The van der Waals surface area contributed by atoms with E-state index < -0.39 is 0 Å². The summed E-state index contributed by atoms with van der Waals surface area (Å²) in [6, 6.07) is 4.16. The molecule has 0 spiro atoms. The second-order valence-electron chi connectivity index (χ2n) is 6.34. The maximum absolute atomic E-state index is 5.45. The summed E-state index contributed by atoms with van der Waals surface area (Å²) in [6.07, 6.45) is 4.80. The van der Waals surface area contributed by atoms with Crippen molar-refractivity contribution in [2.24, 2.45) is 12.0 Å². The molecule has 1 aliphatic heterocycles. The van der Waals surface area contributed by atoms with Crippen LogP contribution >= 0.6 is 0 Å². The minimum Gasteiger partial charge on any atom is -0.493 e. The number of benzene rings is 1. The van der Waals surface area contributed by atoms with Gasteiger partial charge in [0.1, 0.15) is 0 Å². The van der Waals surface area contributed by atoms with Crippen molar-refractivity contribution in [3.63, 3.8) is 0 Å². The van der Waals surface area contributed by atoms with Crippen molar-refractivity contribution in [2.45, 2.75) is 26.4 Å². The van der Waals surface area contributed by atoms with Crippen molar-refractivity contribution in [1.82, 2.24) is 20.0 Å². The third kappa shape index (κ3) is 3.92. The van der Waals surface area contributed by atoms with Gasteiger partial charge < -0.3 is 19.7 Å². The first-order valence-electron chi connectivity index (χ1n) is 8.89. The smallest absolute Gasteiger partial charge is 0.194 e. The van der Waals surface area contributed by atoms with Crippen LogP contribution in [0.15, 0.2) is 29.5 Å². The Kier molecular flexibility index (Phi) is 5.65. The number of nitrogens with one attached hydrogen (secondary N) is 1. The number of aromatic nitrogens is 2. The van der Waals surface area contributed by atoms with Gasteiger partial charge in [0.2, 0.25) is 0 Å². The summed E-state index contributed by atoms with van der Waals surface area (Å²) < 4.78 is 12.7. The van der Waals surface area contributed by atoms with Gasteiger partial charge in [-0.05, 0) is 36.6 Å². The van der Waals surface area contributed by atoms with Crippen molar-refractivity contribution in [2.75, 3.05) is 27.3 Å². The third-order valence-electron chi connectivity index (χ3n) is 4.52. The van der Waals surface area contributed by atoms with Gasteiger partial charge in [-0.2, -0.15) is 5.10 Å². The molecule has 2 aromatic rings. The van der Waals surface area contributed by atoms with Crippen molar-refractivity contribution in [3.05, 3.63) is 41.2 Å². The fourth-order valence-electron chi connectivity index (χ4n) is 3.21. The van der Waals surface area contributed by atoms with Gasteiger partial charge in [-0.15, -0.1) is 0 Å². The molecule has 0 saturated carbocycles. The van der Waals surface area contributed by atoms with Crippen LogP contribution in [0.5, 0.6) is 11.5 Å². The van der Waals surface area contributed by atoms with Crippen molar-refractivity contribution in [3.8, 4) is 11.5 Å². The molecule has 7 nitrogen and oxygen atoms in total. The predicted molar refractivity (Wildman–Crippen MR) is 102 cm³/mol. The molecule has 0 amide bonds. The summed E-state index contributed by atoms with van der Waals surface area (Å²) in [6.45, 7) is 5.26. The molecule has 3 rings (SSSR count). The minimum atomic E-state index is 0.617. The van der Waals surface area contributed by atoms with E-state index in [1.165, 1.54) is 11.1 Å². The first-order valence-corrected chi connectivity index (χ1v) is 8.89. The number of aliphatic imine (C=N–C) groups is 1. The molecule has 0 bridgehead atoms. The van der Waals surface area contributed by atoms with Crippen LogP contribution < -0.4 is 14.8 Å². The maximum Gasteiger partial charge on any atom is 0.194 e. The predicted octanol–water partition coefficient (Wildman–Crippen LogP) is 1.96. The lowest BCUT2D eigenvalue weighted by molar-refractivity contribution is 0.346. The van der Waals surface area contributed by atoms with Gasteiger partial charge in [0, 0.05) is 38.4 Å². The molecule has 0 fully saturated rings. The third-order valence-corrected chi connectivity index (χ3v) is 4.52. The van der Waals surface area contributed by atoms with Crippen LogP contribution in [0.3, 0.4) is 0 Å². The Hall–Kier alpha value is -2.70. The maximum atomic E-state index is 5.45. The van der Waals surface area contributed by atoms with Crippen molar-refractivity contribution >= 4 is 5.96 Å². The molecule has 1 aromatic carbocycles. The highest BCUT2D eigenvalue weighted by Gasteiger charge is 2.21. The molecular formula is C19H27N5O2. The average molecular weight is 357 g/mol. The summed E-state index contributed by atoms with van der Waals surface area (Å²) in [5, 5.41) is 7.61. The Morgan fingerprint density at radius 3 is 2.58 bits per heavy atom. The highest BCUT2D eigenvalue weighted by atomic mass is 16.5. The molecule has 1 aliphatic rings. The highest BCUT2D eigenvalue weighted by Crippen LogP contribution is 2.33. The van der Waals surface area contributed by atoms with Crippen LogP contribution in [0.25, 0.3) is 0 Å². The number of ether oxygens (including phenoxy) is 2. The van der Waals surface area contributed by atoms with Gasteiger partial charge >= 0.3 is 0 Å². The molecule has 0 saturated heterocycles. The number of guanidine groups is 1. The van der Waals surface area contributed by atoms with E-state index >= 15 is 0 Å². The van der Waals surface area contributed by atoms with E-state index in [-0.39, 0.29) is 0 Å². The van der Waals surface area contributed by atoms with Crippen LogP contribution in [0.2, 0.25) is 0 Å². The number of nitrogens with zero attached hydrogens (tertiary/aromatic N) is 4. The Morgan fingerprint density at radius 1 is 1.23 bits per heavy atom. The molecular weight excluding hydrogens is 330 g/mol. The minimum absolute atomic E-state index is 0.617. The topological polar surface area (TPSA) is 63.9 Å². The number of methoxy groups -OCH3 is 2. The summed E-state index contributed by atoms with van der Waals surface area (Å²) in [7, 11) is 5.26. The van der Waals surface area contributed by atoms with Gasteiger partial charge in [0.05, 0.1) is 27.0 Å².